The lowest BCUT2D eigenvalue weighted by molar-refractivity contribution is 0.0274. The van der Waals surface area contributed by atoms with E-state index < -0.39 is 10.0 Å². The number of fused-ring (bicyclic) bond motifs is 2. The van der Waals surface area contributed by atoms with Gasteiger partial charge in [-0.15, -0.1) is 0 Å². The van der Waals surface area contributed by atoms with Gasteiger partial charge in [-0.05, 0) is 32.0 Å². The van der Waals surface area contributed by atoms with Gasteiger partial charge in [0, 0.05) is 45.0 Å². The van der Waals surface area contributed by atoms with Crippen molar-refractivity contribution in [1.82, 2.24) is 28.3 Å². The van der Waals surface area contributed by atoms with Gasteiger partial charge >= 0.3 is 0 Å². The Morgan fingerprint density at radius 2 is 1.84 bits per heavy atom. The average Bonchev–Trinajstić information content (AvgIpc) is 3.39. The van der Waals surface area contributed by atoms with E-state index >= 15 is 0 Å². The predicted molar refractivity (Wildman–Crippen MR) is 113 cm³/mol. The van der Waals surface area contributed by atoms with Crippen LogP contribution < -0.4 is 0 Å². The number of hydrogen-bond acceptors (Lipinski definition) is 5. The molecule has 0 atom stereocenters. The second-order valence-corrected chi connectivity index (χ2v) is 10.2. The van der Waals surface area contributed by atoms with E-state index in [9.17, 15) is 12.8 Å². The van der Waals surface area contributed by atoms with Gasteiger partial charge in [0.25, 0.3) is 10.0 Å². The highest BCUT2D eigenvalue weighted by Crippen LogP contribution is 2.42. The molecule has 0 bridgehead atoms. The maximum atomic E-state index is 13.8. The number of piperidine rings is 1. The maximum Gasteiger partial charge on any atom is 0.262 e. The van der Waals surface area contributed by atoms with E-state index in [0.29, 0.717) is 25.9 Å². The Labute approximate surface area is 181 Å². The topological polar surface area (TPSA) is 76.3 Å². The molecule has 5 rings (SSSR count). The molecule has 2 aliphatic rings. The molecule has 1 fully saturated rings. The zero-order chi connectivity index (χ0) is 21.8. The summed E-state index contributed by atoms with van der Waals surface area (Å²) in [6.07, 6.45) is 6.11. The van der Waals surface area contributed by atoms with Crippen LogP contribution in [0, 0.1) is 5.82 Å². The van der Waals surface area contributed by atoms with Crippen molar-refractivity contribution >= 4 is 10.0 Å². The summed E-state index contributed by atoms with van der Waals surface area (Å²) in [6.45, 7) is 2.37. The molecular weight excluding hydrogens is 419 g/mol. The van der Waals surface area contributed by atoms with Gasteiger partial charge in [0.2, 0.25) is 0 Å². The van der Waals surface area contributed by atoms with Crippen molar-refractivity contribution in [2.24, 2.45) is 7.05 Å². The molecule has 8 nitrogen and oxygen atoms in total. The summed E-state index contributed by atoms with van der Waals surface area (Å²) < 4.78 is 45.1. The largest absolute Gasteiger partial charge is 0.339 e. The third-order valence-corrected chi connectivity index (χ3v) is 8.40. The molecule has 2 aromatic heterocycles. The Bertz CT molecular complexity index is 1230. The van der Waals surface area contributed by atoms with E-state index in [2.05, 4.69) is 21.5 Å². The minimum Gasteiger partial charge on any atom is -0.339 e. The molecule has 1 spiro atoms. The van der Waals surface area contributed by atoms with Crippen LogP contribution in [-0.4, -0.2) is 63.4 Å². The van der Waals surface area contributed by atoms with Crippen molar-refractivity contribution in [3.63, 3.8) is 0 Å². The molecule has 0 amide bonds. The van der Waals surface area contributed by atoms with Crippen LogP contribution in [0.1, 0.15) is 18.7 Å². The number of imidazole rings is 2. The fourth-order valence-corrected chi connectivity index (χ4v) is 6.25. The van der Waals surface area contributed by atoms with Crippen LogP contribution in [0.4, 0.5) is 4.39 Å². The second kappa shape index (κ2) is 7.25. The van der Waals surface area contributed by atoms with E-state index in [0.717, 1.165) is 30.2 Å². The van der Waals surface area contributed by atoms with Gasteiger partial charge in [-0.3, -0.25) is 4.90 Å². The van der Waals surface area contributed by atoms with E-state index in [1.165, 1.54) is 29.0 Å². The number of benzene rings is 1. The molecule has 2 aliphatic heterocycles. The number of hydrogen-bond donors (Lipinski definition) is 0. The second-order valence-electron chi connectivity index (χ2n) is 8.36. The van der Waals surface area contributed by atoms with Gasteiger partial charge in [0.1, 0.15) is 11.6 Å². The molecule has 0 N–H and O–H groups in total. The molecule has 31 heavy (non-hydrogen) atoms. The molecule has 3 aromatic rings. The lowest BCUT2D eigenvalue weighted by Crippen LogP contribution is -2.57. The van der Waals surface area contributed by atoms with Crippen molar-refractivity contribution in [1.29, 1.82) is 0 Å². The van der Waals surface area contributed by atoms with Gasteiger partial charge in [-0.25, -0.2) is 22.8 Å². The first kappa shape index (κ1) is 20.3. The number of nitrogens with zero attached hydrogens (tertiary/aromatic N) is 6. The summed E-state index contributed by atoms with van der Waals surface area (Å²) in [7, 11) is 0.207. The molecule has 4 heterocycles. The van der Waals surface area contributed by atoms with Crippen LogP contribution in [-0.2, 0) is 29.2 Å². The molecular formula is C21H25FN6O2S. The number of aryl methyl sites for hydroxylation is 1. The van der Waals surface area contributed by atoms with Crippen molar-refractivity contribution in [2.45, 2.75) is 30.0 Å². The molecule has 0 aliphatic carbocycles. The monoisotopic (exact) mass is 444 g/mol. The SMILES string of the molecule is CN1CCn2c(-c3cccc(F)c3)cnc2C12CCN(S(=O)(=O)c1cn(C)cn1)CC2. The van der Waals surface area contributed by atoms with Crippen LogP contribution in [0.2, 0.25) is 0 Å². The fourth-order valence-electron chi connectivity index (χ4n) is 4.84. The van der Waals surface area contributed by atoms with Crippen LogP contribution >= 0.6 is 0 Å². The lowest BCUT2D eigenvalue weighted by atomic mass is 9.84. The zero-order valence-corrected chi connectivity index (χ0v) is 18.4. The summed E-state index contributed by atoms with van der Waals surface area (Å²) in [4.78, 5) is 11.1. The summed E-state index contributed by atoms with van der Waals surface area (Å²) >= 11 is 0. The molecule has 164 valence electrons. The number of aromatic nitrogens is 4. The highest BCUT2D eigenvalue weighted by atomic mass is 32.2. The quantitative estimate of drug-likeness (QED) is 0.618. The van der Waals surface area contributed by atoms with Crippen molar-refractivity contribution < 1.29 is 12.8 Å². The summed E-state index contributed by atoms with van der Waals surface area (Å²) in [5, 5.41) is 0.0813. The van der Waals surface area contributed by atoms with Gasteiger partial charge < -0.3 is 9.13 Å². The highest BCUT2D eigenvalue weighted by Gasteiger charge is 2.47. The number of sulfonamides is 1. The summed E-state index contributed by atoms with van der Waals surface area (Å²) in [5.41, 5.74) is 1.35. The van der Waals surface area contributed by atoms with Gasteiger partial charge in [0.15, 0.2) is 5.03 Å². The number of rotatable bonds is 3. The normalized spacial score (nSPS) is 19.6. The minimum atomic E-state index is -3.62. The Kier molecular flexibility index (Phi) is 4.76. The lowest BCUT2D eigenvalue weighted by Gasteiger charge is -2.49. The first-order chi connectivity index (χ1) is 14.8. The molecule has 0 unspecified atom stereocenters. The Balaban J connectivity index is 1.46. The van der Waals surface area contributed by atoms with E-state index in [4.69, 9.17) is 4.98 Å². The Morgan fingerprint density at radius 1 is 1.06 bits per heavy atom. The third-order valence-electron chi connectivity index (χ3n) is 6.62. The molecule has 0 saturated carbocycles. The Hall–Kier alpha value is -2.56. The number of likely N-dealkylation sites (N-methyl/N-ethyl adjacent to an activating group) is 1. The predicted octanol–water partition coefficient (Wildman–Crippen LogP) is 2.05. The van der Waals surface area contributed by atoms with Crippen LogP contribution in [0.15, 0.2) is 48.0 Å². The number of halogens is 1. The standard InChI is InChI=1S/C21H25FN6O2S/c1-25-14-19(24-15-25)31(29,30)27-8-6-21(7-9-27)20-23-13-18(28(20)11-10-26(21)2)16-4-3-5-17(22)12-16/h3-5,12-15H,6-11H2,1-2H3. The minimum absolute atomic E-state index is 0.0813. The molecule has 10 heteroatoms. The molecule has 0 radical (unpaired) electrons. The maximum absolute atomic E-state index is 13.8. The van der Waals surface area contributed by atoms with E-state index in [-0.39, 0.29) is 16.4 Å². The van der Waals surface area contributed by atoms with Crippen LogP contribution in [0.25, 0.3) is 11.3 Å². The summed E-state index contributed by atoms with van der Waals surface area (Å²) in [5.74, 6) is 0.652. The first-order valence-corrected chi connectivity index (χ1v) is 11.8. The summed E-state index contributed by atoms with van der Waals surface area (Å²) in [6, 6.07) is 6.55. The van der Waals surface area contributed by atoms with Gasteiger partial charge in [-0.2, -0.15) is 4.31 Å². The molecule has 1 aromatic carbocycles. The Morgan fingerprint density at radius 3 is 2.52 bits per heavy atom. The first-order valence-electron chi connectivity index (χ1n) is 10.3. The van der Waals surface area contributed by atoms with Crippen molar-refractivity contribution in [3.05, 3.63) is 54.6 Å². The highest BCUT2D eigenvalue weighted by molar-refractivity contribution is 7.89. The van der Waals surface area contributed by atoms with Crippen LogP contribution in [0.5, 0.6) is 0 Å². The van der Waals surface area contributed by atoms with E-state index in [1.807, 2.05) is 12.3 Å². The average molecular weight is 445 g/mol. The molecule has 1 saturated heterocycles. The third kappa shape index (κ3) is 3.20. The fraction of sp³-hybridized carbons (Fsp3) is 0.429. The van der Waals surface area contributed by atoms with Crippen molar-refractivity contribution in [3.8, 4) is 11.3 Å². The van der Waals surface area contributed by atoms with Crippen LogP contribution in [0.3, 0.4) is 0 Å². The van der Waals surface area contributed by atoms with Crippen molar-refractivity contribution in [2.75, 3.05) is 26.7 Å². The van der Waals surface area contributed by atoms with Gasteiger partial charge in [-0.1, -0.05) is 12.1 Å². The van der Waals surface area contributed by atoms with Gasteiger partial charge in [0.05, 0.1) is 23.8 Å². The zero-order valence-electron chi connectivity index (χ0n) is 17.6. The van der Waals surface area contributed by atoms with E-state index in [1.54, 1.807) is 17.7 Å². The smallest absolute Gasteiger partial charge is 0.262 e.